The lowest BCUT2D eigenvalue weighted by atomic mass is 10.1. The second-order valence-corrected chi connectivity index (χ2v) is 7.40. The summed E-state index contributed by atoms with van der Waals surface area (Å²) in [6.45, 7) is -0.0757. The lowest BCUT2D eigenvalue weighted by Gasteiger charge is -2.19. The first-order valence-electron chi connectivity index (χ1n) is 6.85. The van der Waals surface area contributed by atoms with E-state index in [4.69, 9.17) is 26.8 Å². The van der Waals surface area contributed by atoms with E-state index in [1.165, 1.54) is 38.5 Å². The molecule has 5 nitrogen and oxygen atoms in total. The van der Waals surface area contributed by atoms with Crippen LogP contribution in [0.1, 0.15) is 10.8 Å². The summed E-state index contributed by atoms with van der Waals surface area (Å²) < 4.78 is 36.2. The molecule has 1 atom stereocenters. The zero-order valence-electron chi connectivity index (χ0n) is 12.8. The quantitative estimate of drug-likeness (QED) is 0.862. The summed E-state index contributed by atoms with van der Waals surface area (Å²) in [6.07, 6.45) is 0. The van der Waals surface area contributed by atoms with Gasteiger partial charge in [0.05, 0.1) is 19.1 Å². The van der Waals surface area contributed by atoms with Gasteiger partial charge in [-0.05, 0) is 30.3 Å². The van der Waals surface area contributed by atoms with Crippen molar-refractivity contribution in [3.63, 3.8) is 0 Å². The average Bonchev–Trinajstić information content (AvgIpc) is 2.56. The number of nitrogens with two attached hydrogens (primary N) is 1. The third-order valence-electron chi connectivity index (χ3n) is 3.52. The molecule has 0 saturated heterocycles. The highest BCUT2D eigenvalue weighted by Gasteiger charge is 2.30. The van der Waals surface area contributed by atoms with E-state index in [1.54, 1.807) is 18.2 Å². The highest BCUT2D eigenvalue weighted by molar-refractivity contribution is 7.91. The van der Waals surface area contributed by atoms with Crippen LogP contribution in [0.3, 0.4) is 0 Å². The van der Waals surface area contributed by atoms with Crippen LogP contribution in [0, 0.1) is 0 Å². The molecule has 0 aliphatic carbocycles. The van der Waals surface area contributed by atoms with Crippen LogP contribution in [0.5, 0.6) is 11.5 Å². The Labute approximate surface area is 140 Å². The van der Waals surface area contributed by atoms with Gasteiger partial charge in [-0.1, -0.05) is 17.7 Å². The highest BCUT2D eigenvalue weighted by atomic mass is 35.5. The Morgan fingerprint density at radius 2 is 1.74 bits per heavy atom. The molecule has 124 valence electrons. The smallest absolute Gasteiger partial charge is 0.186 e. The average molecular weight is 356 g/mol. The Morgan fingerprint density at radius 1 is 1.09 bits per heavy atom. The summed E-state index contributed by atoms with van der Waals surface area (Å²) in [4.78, 5) is 0.162. The van der Waals surface area contributed by atoms with E-state index >= 15 is 0 Å². The van der Waals surface area contributed by atoms with E-state index in [9.17, 15) is 8.42 Å². The van der Waals surface area contributed by atoms with Crippen LogP contribution in [0.4, 0.5) is 0 Å². The van der Waals surface area contributed by atoms with Gasteiger partial charge >= 0.3 is 0 Å². The summed E-state index contributed by atoms with van der Waals surface area (Å²) >= 11 is 5.82. The van der Waals surface area contributed by atoms with E-state index in [-0.39, 0.29) is 11.4 Å². The molecule has 23 heavy (non-hydrogen) atoms. The van der Waals surface area contributed by atoms with Crippen molar-refractivity contribution in [2.24, 2.45) is 5.73 Å². The zero-order valence-corrected chi connectivity index (χ0v) is 14.4. The van der Waals surface area contributed by atoms with Gasteiger partial charge in [-0.25, -0.2) is 8.42 Å². The van der Waals surface area contributed by atoms with E-state index < -0.39 is 15.1 Å². The topological polar surface area (TPSA) is 78.6 Å². The van der Waals surface area contributed by atoms with Crippen molar-refractivity contribution in [2.75, 3.05) is 20.8 Å². The number of hydrogen-bond acceptors (Lipinski definition) is 5. The van der Waals surface area contributed by atoms with Gasteiger partial charge in [0.1, 0.15) is 16.7 Å². The molecule has 0 aromatic heterocycles. The number of halogens is 1. The van der Waals surface area contributed by atoms with Gasteiger partial charge in [0.15, 0.2) is 9.84 Å². The van der Waals surface area contributed by atoms with Gasteiger partial charge in [-0.2, -0.15) is 0 Å². The fourth-order valence-corrected chi connectivity index (χ4v) is 4.05. The molecule has 2 N–H and O–H groups in total. The SMILES string of the molecule is COc1ccc([C@H](CN)S(=O)(=O)c2ccc(Cl)cc2)c(OC)c1. The van der Waals surface area contributed by atoms with Crippen molar-refractivity contribution in [2.45, 2.75) is 10.1 Å². The Bertz CT molecular complexity index is 775. The van der Waals surface area contributed by atoms with Gasteiger partial charge < -0.3 is 15.2 Å². The minimum Gasteiger partial charge on any atom is -0.497 e. The third-order valence-corrected chi connectivity index (χ3v) is 5.90. The monoisotopic (exact) mass is 355 g/mol. The predicted molar refractivity (Wildman–Crippen MR) is 90.0 cm³/mol. The summed E-state index contributed by atoms with van der Waals surface area (Å²) in [5.41, 5.74) is 6.25. The summed E-state index contributed by atoms with van der Waals surface area (Å²) in [5, 5.41) is -0.459. The number of benzene rings is 2. The second-order valence-electron chi connectivity index (χ2n) is 4.83. The summed E-state index contributed by atoms with van der Waals surface area (Å²) in [6, 6.07) is 11.0. The molecule has 0 heterocycles. The van der Waals surface area contributed by atoms with Gasteiger partial charge in [0.2, 0.25) is 0 Å². The first-order chi connectivity index (χ1) is 10.9. The highest BCUT2D eigenvalue weighted by Crippen LogP contribution is 2.36. The predicted octanol–water partition coefficient (Wildman–Crippen LogP) is 2.83. The fraction of sp³-hybridized carbons (Fsp3) is 0.250. The maximum atomic E-state index is 12.9. The number of rotatable bonds is 6. The zero-order chi connectivity index (χ0) is 17.0. The Balaban J connectivity index is 2.52. The molecule has 0 aliphatic rings. The fourth-order valence-electron chi connectivity index (χ4n) is 2.29. The first kappa shape index (κ1) is 17.6. The third kappa shape index (κ3) is 3.60. The maximum Gasteiger partial charge on any atom is 0.186 e. The van der Waals surface area contributed by atoms with Crippen LogP contribution in [-0.2, 0) is 9.84 Å². The van der Waals surface area contributed by atoms with E-state index in [1.807, 2.05) is 0 Å². The molecule has 0 radical (unpaired) electrons. The standard InChI is InChI=1S/C16H18ClNO4S/c1-21-12-5-8-14(15(9-12)22-2)16(10-18)23(19,20)13-6-3-11(17)4-7-13/h3-9,16H,10,18H2,1-2H3/t16-/m0/s1. The molecule has 0 amide bonds. The molecule has 0 fully saturated rings. The van der Waals surface area contributed by atoms with Crippen molar-refractivity contribution in [1.29, 1.82) is 0 Å². The Hall–Kier alpha value is -1.76. The molecule has 0 aliphatic heterocycles. The summed E-state index contributed by atoms with van der Waals surface area (Å²) in [5.74, 6) is 0.989. The van der Waals surface area contributed by atoms with Crippen LogP contribution in [0.2, 0.25) is 5.02 Å². The number of hydrogen-bond donors (Lipinski definition) is 1. The van der Waals surface area contributed by atoms with E-state index in [0.29, 0.717) is 22.1 Å². The van der Waals surface area contributed by atoms with Crippen LogP contribution in [0.15, 0.2) is 47.4 Å². The molecule has 0 saturated carbocycles. The van der Waals surface area contributed by atoms with Crippen molar-refractivity contribution in [1.82, 2.24) is 0 Å². The number of sulfone groups is 1. The first-order valence-corrected chi connectivity index (χ1v) is 8.78. The van der Waals surface area contributed by atoms with Crippen molar-refractivity contribution in [3.8, 4) is 11.5 Å². The van der Waals surface area contributed by atoms with Crippen LogP contribution < -0.4 is 15.2 Å². The van der Waals surface area contributed by atoms with Gasteiger partial charge in [0.25, 0.3) is 0 Å². The van der Waals surface area contributed by atoms with Crippen LogP contribution in [-0.4, -0.2) is 29.2 Å². The number of methoxy groups -OCH3 is 2. The van der Waals surface area contributed by atoms with Gasteiger partial charge in [-0.3, -0.25) is 0 Å². The lowest BCUT2D eigenvalue weighted by molar-refractivity contribution is 0.390. The Kier molecular flexibility index (Phi) is 5.51. The normalized spacial score (nSPS) is 12.7. The molecule has 2 aromatic carbocycles. The second kappa shape index (κ2) is 7.21. The number of ether oxygens (including phenoxy) is 2. The van der Waals surface area contributed by atoms with Gasteiger partial charge in [-0.15, -0.1) is 0 Å². The van der Waals surface area contributed by atoms with E-state index in [2.05, 4.69) is 0 Å². The molecule has 0 unspecified atom stereocenters. The van der Waals surface area contributed by atoms with Crippen LogP contribution in [0.25, 0.3) is 0 Å². The minimum atomic E-state index is -3.68. The molecular formula is C16H18ClNO4S. The molecule has 0 spiro atoms. The molecule has 2 aromatic rings. The van der Waals surface area contributed by atoms with Crippen molar-refractivity contribution in [3.05, 3.63) is 53.1 Å². The summed E-state index contributed by atoms with van der Waals surface area (Å²) in [7, 11) is -0.677. The van der Waals surface area contributed by atoms with Gasteiger partial charge in [0, 0.05) is 23.2 Å². The molecule has 0 bridgehead atoms. The largest absolute Gasteiger partial charge is 0.497 e. The minimum absolute atomic E-state index is 0.0757. The lowest BCUT2D eigenvalue weighted by Crippen LogP contribution is -2.22. The molecule has 2 rings (SSSR count). The maximum absolute atomic E-state index is 12.9. The van der Waals surface area contributed by atoms with Crippen molar-refractivity contribution < 1.29 is 17.9 Å². The Morgan fingerprint density at radius 3 is 2.26 bits per heavy atom. The molecule has 7 heteroatoms. The van der Waals surface area contributed by atoms with Crippen molar-refractivity contribution >= 4 is 21.4 Å². The molecular weight excluding hydrogens is 338 g/mol. The van der Waals surface area contributed by atoms with E-state index in [0.717, 1.165) is 0 Å². The van der Waals surface area contributed by atoms with Crippen LogP contribution >= 0.6 is 11.6 Å².